The van der Waals surface area contributed by atoms with Crippen molar-refractivity contribution in [2.24, 2.45) is 11.8 Å². The fraction of sp³-hybridized carbons (Fsp3) is 0.923. The van der Waals surface area contributed by atoms with Gasteiger partial charge < -0.3 is 10.2 Å². The fourth-order valence-corrected chi connectivity index (χ4v) is 2.84. The van der Waals surface area contributed by atoms with Crippen LogP contribution in [-0.4, -0.2) is 37.0 Å². The zero-order chi connectivity index (χ0) is 12.3. The van der Waals surface area contributed by atoms with Crippen molar-refractivity contribution in [3.63, 3.8) is 0 Å². The summed E-state index contributed by atoms with van der Waals surface area (Å²) in [5.74, 6) is 1.70. The van der Waals surface area contributed by atoms with Crippen LogP contribution in [0.3, 0.4) is 0 Å². The molecular weight excluding hydrogens is 200 g/mol. The number of carbonyl (C=O) groups is 1. The van der Waals surface area contributed by atoms with Gasteiger partial charge in [0.05, 0.1) is 6.04 Å². The van der Waals surface area contributed by atoms with Crippen LogP contribution in [0.25, 0.3) is 0 Å². The lowest BCUT2D eigenvalue weighted by Gasteiger charge is -2.26. The van der Waals surface area contributed by atoms with Gasteiger partial charge in [-0.25, -0.2) is 0 Å². The van der Waals surface area contributed by atoms with Gasteiger partial charge in [-0.15, -0.1) is 0 Å². The van der Waals surface area contributed by atoms with E-state index in [0.29, 0.717) is 12.0 Å². The largest absolute Gasteiger partial charge is 0.347 e. The molecule has 0 spiro atoms. The lowest BCUT2D eigenvalue weighted by molar-refractivity contribution is -0.130. The summed E-state index contributed by atoms with van der Waals surface area (Å²) in [6.45, 7) is 6.54. The number of likely N-dealkylation sites (N-methyl/N-ethyl adjacent to an activating group) is 1. The second-order valence-electron chi connectivity index (χ2n) is 5.33. The van der Waals surface area contributed by atoms with E-state index in [1.807, 2.05) is 21.0 Å². The summed E-state index contributed by atoms with van der Waals surface area (Å²) in [5.41, 5.74) is 0. The second kappa shape index (κ2) is 5.67. The molecule has 0 radical (unpaired) electrons. The topological polar surface area (TPSA) is 32.3 Å². The molecule has 1 aliphatic carbocycles. The van der Waals surface area contributed by atoms with Gasteiger partial charge in [-0.3, -0.25) is 4.79 Å². The highest BCUT2D eigenvalue weighted by molar-refractivity contribution is 5.80. The number of nitrogens with one attached hydrogen (secondary N) is 1. The van der Waals surface area contributed by atoms with Crippen molar-refractivity contribution in [1.82, 2.24) is 10.2 Å². The van der Waals surface area contributed by atoms with Crippen LogP contribution in [0.2, 0.25) is 0 Å². The third-order valence-corrected chi connectivity index (χ3v) is 4.03. The molecule has 0 aliphatic heterocycles. The lowest BCUT2D eigenvalue weighted by atomic mass is 9.93. The molecule has 0 aromatic heterocycles. The average Bonchev–Trinajstić information content (AvgIpc) is 2.58. The molecule has 0 aromatic rings. The maximum absolute atomic E-state index is 11.8. The van der Waals surface area contributed by atoms with Crippen molar-refractivity contribution in [2.45, 2.75) is 52.1 Å². The van der Waals surface area contributed by atoms with Crippen LogP contribution in [0, 0.1) is 11.8 Å². The number of hydrogen-bond acceptors (Lipinski definition) is 2. The molecular formula is C13H26N2O. The van der Waals surface area contributed by atoms with Crippen molar-refractivity contribution in [3.8, 4) is 0 Å². The van der Waals surface area contributed by atoms with E-state index in [1.165, 1.54) is 19.3 Å². The van der Waals surface area contributed by atoms with E-state index in [-0.39, 0.29) is 11.9 Å². The van der Waals surface area contributed by atoms with Crippen molar-refractivity contribution in [3.05, 3.63) is 0 Å². The maximum Gasteiger partial charge on any atom is 0.238 e. The first-order chi connectivity index (χ1) is 7.47. The summed E-state index contributed by atoms with van der Waals surface area (Å²) in [6.07, 6.45) is 3.78. The molecule has 1 rings (SSSR count). The monoisotopic (exact) mass is 226 g/mol. The summed E-state index contributed by atoms with van der Waals surface area (Å²) in [6, 6.07) is 0.460. The lowest BCUT2D eigenvalue weighted by Crippen LogP contribution is -2.47. The Labute approximate surface area is 99.6 Å². The summed E-state index contributed by atoms with van der Waals surface area (Å²) in [5, 5.41) is 3.48. The van der Waals surface area contributed by atoms with Crippen LogP contribution in [0.1, 0.15) is 40.0 Å². The quantitative estimate of drug-likeness (QED) is 0.794. The normalized spacial score (nSPS) is 31.4. The Balaban J connectivity index is 2.46. The second-order valence-corrected chi connectivity index (χ2v) is 5.33. The van der Waals surface area contributed by atoms with E-state index in [4.69, 9.17) is 0 Å². The molecule has 4 unspecified atom stereocenters. The van der Waals surface area contributed by atoms with E-state index >= 15 is 0 Å². The van der Waals surface area contributed by atoms with Gasteiger partial charge in [-0.05, 0) is 31.6 Å². The predicted molar refractivity (Wildman–Crippen MR) is 67.3 cm³/mol. The molecule has 1 aliphatic rings. The van der Waals surface area contributed by atoms with Gasteiger partial charge >= 0.3 is 0 Å². The Morgan fingerprint density at radius 1 is 1.44 bits per heavy atom. The minimum Gasteiger partial charge on any atom is -0.347 e. The summed E-state index contributed by atoms with van der Waals surface area (Å²) < 4.78 is 0. The molecule has 4 atom stereocenters. The van der Waals surface area contributed by atoms with Gasteiger partial charge in [0, 0.05) is 20.1 Å². The fourth-order valence-electron chi connectivity index (χ4n) is 2.84. The Morgan fingerprint density at radius 2 is 2.06 bits per heavy atom. The molecule has 16 heavy (non-hydrogen) atoms. The number of rotatable bonds is 4. The molecule has 94 valence electrons. The van der Waals surface area contributed by atoms with Gasteiger partial charge in [0.1, 0.15) is 0 Å². The van der Waals surface area contributed by atoms with Crippen LogP contribution in [-0.2, 0) is 4.79 Å². The van der Waals surface area contributed by atoms with Crippen molar-refractivity contribution in [2.75, 3.05) is 14.1 Å². The van der Waals surface area contributed by atoms with Crippen molar-refractivity contribution in [1.29, 1.82) is 0 Å². The third kappa shape index (κ3) is 2.97. The number of nitrogens with zero attached hydrogens (tertiary/aromatic N) is 1. The standard InChI is InChI=1S/C13H26N2O/c1-6-11-7-8-12(9(11)2)14-10(3)13(16)15(4)5/h9-12,14H,6-8H2,1-5H3. The van der Waals surface area contributed by atoms with Crippen molar-refractivity contribution < 1.29 is 4.79 Å². The SMILES string of the molecule is CCC1CCC(NC(C)C(=O)N(C)C)C1C. The van der Waals surface area contributed by atoms with E-state index in [2.05, 4.69) is 19.2 Å². The minimum atomic E-state index is -0.0574. The highest BCUT2D eigenvalue weighted by Crippen LogP contribution is 2.34. The molecule has 3 nitrogen and oxygen atoms in total. The Hall–Kier alpha value is -0.570. The van der Waals surface area contributed by atoms with Gasteiger partial charge in [0.2, 0.25) is 5.91 Å². The van der Waals surface area contributed by atoms with E-state index in [0.717, 1.165) is 5.92 Å². The molecule has 0 heterocycles. The molecule has 1 saturated carbocycles. The first-order valence-electron chi connectivity index (χ1n) is 6.44. The molecule has 0 saturated heterocycles. The van der Waals surface area contributed by atoms with Gasteiger partial charge in [0.15, 0.2) is 0 Å². The number of amides is 1. The average molecular weight is 226 g/mol. The zero-order valence-electron chi connectivity index (χ0n) is 11.3. The molecule has 1 amide bonds. The molecule has 0 aromatic carbocycles. The van der Waals surface area contributed by atoms with Crippen LogP contribution in [0.4, 0.5) is 0 Å². The smallest absolute Gasteiger partial charge is 0.238 e. The summed E-state index contributed by atoms with van der Waals surface area (Å²) in [4.78, 5) is 13.4. The van der Waals surface area contributed by atoms with Crippen LogP contribution in [0.5, 0.6) is 0 Å². The number of carbonyl (C=O) groups excluding carboxylic acids is 1. The molecule has 0 bridgehead atoms. The summed E-state index contributed by atoms with van der Waals surface area (Å²) in [7, 11) is 3.63. The first-order valence-corrected chi connectivity index (χ1v) is 6.44. The van der Waals surface area contributed by atoms with E-state index < -0.39 is 0 Å². The van der Waals surface area contributed by atoms with E-state index in [9.17, 15) is 4.79 Å². The number of hydrogen-bond donors (Lipinski definition) is 1. The van der Waals surface area contributed by atoms with Crippen molar-refractivity contribution >= 4 is 5.91 Å². The highest BCUT2D eigenvalue weighted by atomic mass is 16.2. The Kier molecular flexibility index (Phi) is 4.78. The maximum atomic E-state index is 11.8. The van der Waals surface area contributed by atoms with Crippen LogP contribution >= 0.6 is 0 Å². The highest BCUT2D eigenvalue weighted by Gasteiger charge is 2.33. The predicted octanol–water partition coefficient (Wildman–Crippen LogP) is 1.88. The third-order valence-electron chi connectivity index (χ3n) is 4.03. The van der Waals surface area contributed by atoms with Gasteiger partial charge in [-0.1, -0.05) is 20.3 Å². The molecule has 3 heteroatoms. The van der Waals surface area contributed by atoms with Gasteiger partial charge in [-0.2, -0.15) is 0 Å². The minimum absolute atomic E-state index is 0.0574. The van der Waals surface area contributed by atoms with Crippen LogP contribution < -0.4 is 5.32 Å². The van der Waals surface area contributed by atoms with E-state index in [1.54, 1.807) is 4.90 Å². The Morgan fingerprint density at radius 3 is 2.50 bits per heavy atom. The molecule has 1 N–H and O–H groups in total. The molecule has 1 fully saturated rings. The summed E-state index contributed by atoms with van der Waals surface area (Å²) >= 11 is 0. The Bertz CT molecular complexity index is 240. The zero-order valence-corrected chi connectivity index (χ0v) is 11.3. The first kappa shape index (κ1) is 13.5. The van der Waals surface area contributed by atoms with Crippen LogP contribution in [0.15, 0.2) is 0 Å². The van der Waals surface area contributed by atoms with Gasteiger partial charge in [0.25, 0.3) is 0 Å².